The Balaban J connectivity index is 2.17. The molecule has 0 spiro atoms. The summed E-state index contributed by atoms with van der Waals surface area (Å²) < 4.78 is 0. The number of anilines is 1. The average molecular weight is 401 g/mol. The summed E-state index contributed by atoms with van der Waals surface area (Å²) >= 11 is 12.5. The Morgan fingerprint density at radius 1 is 0.889 bits per heavy atom. The molecule has 0 saturated carbocycles. The van der Waals surface area contributed by atoms with E-state index in [0.717, 1.165) is 16.8 Å². The van der Waals surface area contributed by atoms with Gasteiger partial charge < -0.3 is 4.90 Å². The summed E-state index contributed by atoms with van der Waals surface area (Å²) in [6, 6.07) is 20.1. The number of hydrogen-bond donors (Lipinski definition) is 0. The lowest BCUT2D eigenvalue weighted by Crippen LogP contribution is -2.09. The van der Waals surface area contributed by atoms with Crippen molar-refractivity contribution in [1.29, 1.82) is 0 Å². The van der Waals surface area contributed by atoms with Crippen LogP contribution in [0, 0.1) is 10.1 Å². The SMILES string of the molecule is CN(C)c1ccc(C(c2ccc(Cl)cc2)c2cc([N+](=O)[O-])ccc2Cl)cc1. The van der Waals surface area contributed by atoms with Gasteiger partial charge in [0, 0.05) is 47.9 Å². The maximum Gasteiger partial charge on any atom is 0.269 e. The van der Waals surface area contributed by atoms with Crippen LogP contribution in [-0.4, -0.2) is 19.0 Å². The van der Waals surface area contributed by atoms with E-state index < -0.39 is 4.92 Å². The Labute approximate surface area is 168 Å². The van der Waals surface area contributed by atoms with Crippen LogP contribution in [-0.2, 0) is 0 Å². The van der Waals surface area contributed by atoms with E-state index in [1.807, 2.05) is 67.5 Å². The number of nitro groups is 1. The molecule has 0 heterocycles. The van der Waals surface area contributed by atoms with E-state index >= 15 is 0 Å². The van der Waals surface area contributed by atoms with Gasteiger partial charge in [0.05, 0.1) is 4.92 Å². The zero-order chi connectivity index (χ0) is 19.6. The van der Waals surface area contributed by atoms with Crippen LogP contribution in [0.3, 0.4) is 0 Å². The molecule has 1 atom stereocenters. The van der Waals surface area contributed by atoms with Crippen molar-refractivity contribution in [3.05, 3.63) is 104 Å². The molecule has 3 aromatic carbocycles. The van der Waals surface area contributed by atoms with Crippen molar-refractivity contribution < 1.29 is 4.92 Å². The molecule has 3 aromatic rings. The number of rotatable bonds is 5. The fourth-order valence-electron chi connectivity index (χ4n) is 3.04. The third-order valence-corrected chi connectivity index (χ3v) is 5.04. The van der Waals surface area contributed by atoms with Gasteiger partial charge in [-0.25, -0.2) is 0 Å². The molecule has 0 bridgehead atoms. The van der Waals surface area contributed by atoms with Gasteiger partial charge in [-0.2, -0.15) is 0 Å². The first kappa shape index (κ1) is 19.2. The Morgan fingerprint density at radius 2 is 1.44 bits per heavy atom. The lowest BCUT2D eigenvalue weighted by atomic mass is 9.85. The van der Waals surface area contributed by atoms with Crippen molar-refractivity contribution in [3.63, 3.8) is 0 Å². The van der Waals surface area contributed by atoms with Crippen LogP contribution in [0.15, 0.2) is 66.7 Å². The second-order valence-corrected chi connectivity index (χ2v) is 7.28. The molecule has 138 valence electrons. The van der Waals surface area contributed by atoms with Gasteiger partial charge >= 0.3 is 0 Å². The molecule has 0 fully saturated rings. The molecular formula is C21H18Cl2N2O2. The lowest BCUT2D eigenvalue weighted by molar-refractivity contribution is -0.384. The van der Waals surface area contributed by atoms with E-state index in [2.05, 4.69) is 0 Å². The summed E-state index contributed by atoms with van der Waals surface area (Å²) in [6.07, 6.45) is 0. The highest BCUT2D eigenvalue weighted by atomic mass is 35.5. The van der Waals surface area contributed by atoms with Crippen molar-refractivity contribution in [2.24, 2.45) is 0 Å². The fraction of sp³-hybridized carbons (Fsp3) is 0.143. The molecule has 0 aliphatic heterocycles. The topological polar surface area (TPSA) is 46.4 Å². The van der Waals surface area contributed by atoms with Crippen LogP contribution < -0.4 is 4.90 Å². The first-order valence-corrected chi connectivity index (χ1v) is 9.09. The maximum absolute atomic E-state index is 11.3. The number of hydrogen-bond acceptors (Lipinski definition) is 3. The van der Waals surface area contributed by atoms with E-state index in [9.17, 15) is 10.1 Å². The van der Waals surface area contributed by atoms with Crippen molar-refractivity contribution in [2.45, 2.75) is 5.92 Å². The zero-order valence-corrected chi connectivity index (χ0v) is 16.4. The smallest absolute Gasteiger partial charge is 0.269 e. The van der Waals surface area contributed by atoms with Gasteiger partial charge in [0.1, 0.15) is 0 Å². The average Bonchev–Trinajstić information content (AvgIpc) is 2.65. The van der Waals surface area contributed by atoms with E-state index in [1.54, 1.807) is 12.1 Å². The number of benzene rings is 3. The minimum Gasteiger partial charge on any atom is -0.378 e. The Hall–Kier alpha value is -2.56. The lowest BCUT2D eigenvalue weighted by Gasteiger charge is -2.21. The first-order chi connectivity index (χ1) is 12.9. The molecule has 1 unspecified atom stereocenters. The van der Waals surface area contributed by atoms with Gasteiger partial charge in [0.25, 0.3) is 5.69 Å². The monoisotopic (exact) mass is 400 g/mol. The van der Waals surface area contributed by atoms with Crippen molar-refractivity contribution in [3.8, 4) is 0 Å². The van der Waals surface area contributed by atoms with E-state index in [0.29, 0.717) is 15.6 Å². The summed E-state index contributed by atoms with van der Waals surface area (Å²) in [6.45, 7) is 0. The first-order valence-electron chi connectivity index (χ1n) is 8.33. The van der Waals surface area contributed by atoms with Crippen LogP contribution in [0.25, 0.3) is 0 Å². The molecule has 0 N–H and O–H groups in total. The quantitative estimate of drug-likeness (QED) is 0.293. The van der Waals surface area contributed by atoms with Gasteiger partial charge in [-0.3, -0.25) is 10.1 Å². The minimum absolute atomic E-state index is 0.0123. The summed E-state index contributed by atoms with van der Waals surface area (Å²) in [5.74, 6) is -0.245. The second-order valence-electron chi connectivity index (χ2n) is 6.43. The van der Waals surface area contributed by atoms with Gasteiger partial charge in [0.2, 0.25) is 0 Å². The maximum atomic E-state index is 11.3. The molecule has 3 rings (SSSR count). The zero-order valence-electron chi connectivity index (χ0n) is 14.9. The Morgan fingerprint density at radius 3 is 1.96 bits per heavy atom. The van der Waals surface area contributed by atoms with Crippen LogP contribution in [0.1, 0.15) is 22.6 Å². The molecule has 6 heteroatoms. The molecule has 0 saturated heterocycles. The molecule has 0 radical (unpaired) electrons. The molecule has 27 heavy (non-hydrogen) atoms. The number of nitrogens with zero attached hydrogens (tertiary/aromatic N) is 2. The second kappa shape index (κ2) is 7.99. The number of halogens is 2. The minimum atomic E-state index is -0.409. The normalized spacial score (nSPS) is 11.9. The van der Waals surface area contributed by atoms with Crippen LogP contribution in [0.5, 0.6) is 0 Å². The van der Waals surface area contributed by atoms with Gasteiger partial charge in [-0.15, -0.1) is 0 Å². The van der Waals surface area contributed by atoms with Crippen LogP contribution in [0.4, 0.5) is 11.4 Å². The van der Waals surface area contributed by atoms with Crippen molar-refractivity contribution in [1.82, 2.24) is 0 Å². The number of non-ortho nitro benzene ring substituents is 1. The largest absolute Gasteiger partial charge is 0.378 e. The van der Waals surface area contributed by atoms with Crippen molar-refractivity contribution >= 4 is 34.6 Å². The summed E-state index contributed by atoms with van der Waals surface area (Å²) in [7, 11) is 3.95. The molecular weight excluding hydrogens is 383 g/mol. The Kier molecular flexibility index (Phi) is 5.68. The van der Waals surface area contributed by atoms with E-state index in [1.165, 1.54) is 6.07 Å². The van der Waals surface area contributed by atoms with Gasteiger partial charge in [-0.1, -0.05) is 47.5 Å². The number of nitro benzene ring substituents is 1. The predicted molar refractivity (Wildman–Crippen MR) is 111 cm³/mol. The highest BCUT2D eigenvalue weighted by molar-refractivity contribution is 6.31. The third-order valence-electron chi connectivity index (χ3n) is 4.45. The molecule has 0 aliphatic rings. The van der Waals surface area contributed by atoms with Gasteiger partial charge in [-0.05, 0) is 47.0 Å². The van der Waals surface area contributed by atoms with Crippen LogP contribution >= 0.6 is 23.2 Å². The highest BCUT2D eigenvalue weighted by Crippen LogP contribution is 2.38. The van der Waals surface area contributed by atoms with Crippen LogP contribution in [0.2, 0.25) is 10.0 Å². The summed E-state index contributed by atoms with van der Waals surface area (Å²) in [5.41, 5.74) is 3.72. The summed E-state index contributed by atoms with van der Waals surface area (Å²) in [4.78, 5) is 12.9. The van der Waals surface area contributed by atoms with Crippen molar-refractivity contribution in [2.75, 3.05) is 19.0 Å². The third kappa shape index (κ3) is 4.24. The predicted octanol–water partition coefficient (Wildman–Crippen LogP) is 6.15. The van der Waals surface area contributed by atoms with Gasteiger partial charge in [0.15, 0.2) is 0 Å². The molecule has 0 aliphatic carbocycles. The molecule has 0 amide bonds. The Bertz CT molecular complexity index is 955. The molecule has 0 aromatic heterocycles. The van der Waals surface area contributed by atoms with E-state index in [-0.39, 0.29) is 11.6 Å². The highest BCUT2D eigenvalue weighted by Gasteiger charge is 2.22. The molecule has 4 nitrogen and oxygen atoms in total. The summed E-state index contributed by atoms with van der Waals surface area (Å²) in [5, 5.41) is 12.4. The standard InChI is InChI=1S/C21H18Cl2N2O2/c1-24(2)17-9-5-15(6-10-17)21(14-3-7-16(22)8-4-14)19-13-18(25(26)27)11-12-20(19)23/h3-13,21H,1-2H3. The fourth-order valence-corrected chi connectivity index (χ4v) is 3.39. The van der Waals surface area contributed by atoms with E-state index in [4.69, 9.17) is 23.2 Å².